The molecular formula is C17H25N3O. The summed E-state index contributed by atoms with van der Waals surface area (Å²) < 4.78 is 5.15. The lowest BCUT2D eigenvalue weighted by molar-refractivity contribution is 0.195. The zero-order chi connectivity index (χ0) is 14.8. The van der Waals surface area contributed by atoms with E-state index in [0.29, 0.717) is 12.1 Å². The van der Waals surface area contributed by atoms with Gasteiger partial charge in [-0.1, -0.05) is 18.7 Å². The molecule has 1 unspecified atom stereocenters. The minimum Gasteiger partial charge on any atom is -0.385 e. The Hall–Kier alpha value is -1.52. The van der Waals surface area contributed by atoms with Crippen molar-refractivity contribution in [2.24, 2.45) is 0 Å². The molecule has 1 saturated carbocycles. The minimum atomic E-state index is 0.362. The molecular weight excluding hydrogens is 262 g/mol. The Bertz CT molecular complexity index is 525. The molecule has 1 heterocycles. The molecule has 0 spiro atoms. The van der Waals surface area contributed by atoms with Crippen LogP contribution in [0.5, 0.6) is 0 Å². The predicted octanol–water partition coefficient (Wildman–Crippen LogP) is 2.83. The average molecular weight is 287 g/mol. The van der Waals surface area contributed by atoms with E-state index in [1.165, 1.54) is 29.7 Å². The number of ether oxygens (including phenoxy) is 1. The highest BCUT2D eigenvalue weighted by Crippen LogP contribution is 2.34. The molecule has 1 aliphatic heterocycles. The maximum absolute atomic E-state index is 5.15. The van der Waals surface area contributed by atoms with Crippen LogP contribution in [0.25, 0.3) is 5.70 Å². The smallest absolute Gasteiger partial charge is 0.0575 e. The summed E-state index contributed by atoms with van der Waals surface area (Å²) in [6, 6.07) is 7.64. The normalized spacial score (nSPS) is 20.5. The van der Waals surface area contributed by atoms with Gasteiger partial charge in [0.2, 0.25) is 0 Å². The van der Waals surface area contributed by atoms with Crippen LogP contribution < -0.4 is 15.8 Å². The molecule has 0 aromatic heterocycles. The van der Waals surface area contributed by atoms with Crippen molar-refractivity contribution >= 4 is 11.4 Å². The van der Waals surface area contributed by atoms with Crippen LogP contribution in [0.15, 0.2) is 24.8 Å². The largest absolute Gasteiger partial charge is 0.385 e. The summed E-state index contributed by atoms with van der Waals surface area (Å²) in [7, 11) is 1.75. The number of hydrogen-bond acceptors (Lipinski definition) is 4. The van der Waals surface area contributed by atoms with Crippen molar-refractivity contribution in [3.63, 3.8) is 0 Å². The molecule has 1 aliphatic carbocycles. The summed E-state index contributed by atoms with van der Waals surface area (Å²) in [5.41, 5.74) is 8.38. The zero-order valence-electron chi connectivity index (χ0n) is 13.0. The maximum atomic E-state index is 5.15. The Morgan fingerprint density at radius 2 is 2.29 bits per heavy atom. The van der Waals surface area contributed by atoms with Crippen molar-refractivity contribution in [2.75, 3.05) is 25.3 Å². The second-order valence-corrected chi connectivity index (χ2v) is 6.02. The van der Waals surface area contributed by atoms with Crippen LogP contribution in [0, 0.1) is 0 Å². The average Bonchev–Trinajstić information content (AvgIpc) is 3.24. The Kier molecular flexibility index (Phi) is 4.17. The first kappa shape index (κ1) is 14.4. The first-order valence-corrected chi connectivity index (χ1v) is 7.81. The molecule has 2 N–H and O–H groups in total. The molecule has 1 fully saturated rings. The number of hydrazine groups is 1. The second kappa shape index (κ2) is 6.08. The van der Waals surface area contributed by atoms with Gasteiger partial charge in [-0.25, -0.2) is 5.43 Å². The number of anilines is 1. The van der Waals surface area contributed by atoms with Gasteiger partial charge in [0.05, 0.1) is 11.7 Å². The van der Waals surface area contributed by atoms with E-state index >= 15 is 0 Å². The van der Waals surface area contributed by atoms with Gasteiger partial charge in [0.1, 0.15) is 0 Å². The minimum absolute atomic E-state index is 0.362. The molecule has 114 valence electrons. The lowest BCUT2D eigenvalue weighted by Gasteiger charge is -2.20. The van der Waals surface area contributed by atoms with E-state index in [9.17, 15) is 0 Å². The van der Waals surface area contributed by atoms with Crippen molar-refractivity contribution in [3.8, 4) is 0 Å². The van der Waals surface area contributed by atoms with Gasteiger partial charge in [-0.05, 0) is 43.4 Å². The topological polar surface area (TPSA) is 36.5 Å². The molecule has 0 amide bonds. The van der Waals surface area contributed by atoms with Gasteiger partial charge in [-0.3, -0.25) is 0 Å². The van der Waals surface area contributed by atoms with Crippen molar-refractivity contribution < 1.29 is 4.74 Å². The number of nitrogens with zero attached hydrogens (tertiary/aromatic N) is 1. The van der Waals surface area contributed by atoms with Gasteiger partial charge in [0.25, 0.3) is 0 Å². The van der Waals surface area contributed by atoms with E-state index < -0.39 is 0 Å². The number of rotatable bonds is 7. The Morgan fingerprint density at radius 1 is 1.48 bits per heavy atom. The molecule has 1 aromatic carbocycles. The molecule has 1 aromatic rings. The standard InChI is InChI=1S/C17H25N3O/c1-12(18-15-6-7-15)14-5-8-16-13(2)19-20(17(16)11-14)9-4-10-21-3/h5,8,11,13,15,18-19H,1,4,6-7,9-10H2,2-3H3. The van der Waals surface area contributed by atoms with E-state index in [-0.39, 0.29) is 0 Å². The highest BCUT2D eigenvalue weighted by molar-refractivity contribution is 5.70. The lowest BCUT2D eigenvalue weighted by atomic mass is 10.0. The van der Waals surface area contributed by atoms with Crippen LogP contribution in [0.2, 0.25) is 0 Å². The van der Waals surface area contributed by atoms with E-state index in [1.807, 2.05) is 0 Å². The van der Waals surface area contributed by atoms with Crippen LogP contribution in [0.4, 0.5) is 5.69 Å². The van der Waals surface area contributed by atoms with Crippen LogP contribution >= 0.6 is 0 Å². The summed E-state index contributed by atoms with van der Waals surface area (Å²) in [4.78, 5) is 0. The summed E-state index contributed by atoms with van der Waals surface area (Å²) in [6.45, 7) is 8.13. The fourth-order valence-electron chi connectivity index (χ4n) is 2.81. The second-order valence-electron chi connectivity index (χ2n) is 6.02. The number of benzene rings is 1. The summed E-state index contributed by atoms with van der Waals surface area (Å²) >= 11 is 0. The monoisotopic (exact) mass is 287 g/mol. The van der Waals surface area contributed by atoms with Gasteiger partial charge in [-0.15, -0.1) is 0 Å². The lowest BCUT2D eigenvalue weighted by Crippen LogP contribution is -2.34. The Labute approximate surface area is 127 Å². The number of fused-ring (bicyclic) bond motifs is 1. The van der Waals surface area contributed by atoms with E-state index in [1.54, 1.807) is 7.11 Å². The molecule has 0 bridgehead atoms. The number of hydrogen-bond donors (Lipinski definition) is 2. The first-order chi connectivity index (χ1) is 10.2. The molecule has 0 saturated heterocycles. The Morgan fingerprint density at radius 3 is 3.00 bits per heavy atom. The molecule has 2 aliphatic rings. The zero-order valence-corrected chi connectivity index (χ0v) is 13.0. The summed E-state index contributed by atoms with van der Waals surface area (Å²) in [5, 5.41) is 5.73. The predicted molar refractivity (Wildman–Crippen MR) is 87.0 cm³/mol. The SMILES string of the molecule is C=C(NC1CC1)c1ccc2c(c1)N(CCCOC)NC2C. The van der Waals surface area contributed by atoms with Gasteiger partial charge in [-0.2, -0.15) is 0 Å². The summed E-state index contributed by atoms with van der Waals surface area (Å²) in [6.07, 6.45) is 3.55. The van der Waals surface area contributed by atoms with Crippen molar-refractivity contribution in [1.82, 2.24) is 10.7 Å². The van der Waals surface area contributed by atoms with Crippen molar-refractivity contribution in [1.29, 1.82) is 0 Å². The maximum Gasteiger partial charge on any atom is 0.0575 e. The fraction of sp³-hybridized carbons (Fsp3) is 0.529. The number of methoxy groups -OCH3 is 1. The Balaban J connectivity index is 1.74. The van der Waals surface area contributed by atoms with Crippen LogP contribution in [-0.4, -0.2) is 26.3 Å². The van der Waals surface area contributed by atoms with E-state index in [0.717, 1.165) is 25.3 Å². The highest BCUT2D eigenvalue weighted by Gasteiger charge is 2.26. The van der Waals surface area contributed by atoms with Gasteiger partial charge in [0.15, 0.2) is 0 Å². The first-order valence-electron chi connectivity index (χ1n) is 7.81. The number of nitrogens with one attached hydrogen (secondary N) is 2. The fourth-order valence-corrected chi connectivity index (χ4v) is 2.81. The summed E-state index contributed by atoms with van der Waals surface area (Å²) in [5.74, 6) is 0. The van der Waals surface area contributed by atoms with Gasteiger partial charge >= 0.3 is 0 Å². The van der Waals surface area contributed by atoms with Gasteiger partial charge < -0.3 is 15.1 Å². The van der Waals surface area contributed by atoms with Gasteiger partial charge in [0, 0.05) is 32.0 Å². The molecule has 4 nitrogen and oxygen atoms in total. The van der Waals surface area contributed by atoms with Crippen LogP contribution in [0.3, 0.4) is 0 Å². The third kappa shape index (κ3) is 3.22. The molecule has 4 heteroatoms. The van der Waals surface area contributed by atoms with Crippen LogP contribution in [0.1, 0.15) is 43.4 Å². The molecule has 21 heavy (non-hydrogen) atoms. The van der Waals surface area contributed by atoms with Crippen LogP contribution in [-0.2, 0) is 4.74 Å². The molecule has 0 radical (unpaired) electrons. The molecule has 3 rings (SSSR count). The van der Waals surface area contributed by atoms with E-state index in [2.05, 4.69) is 47.5 Å². The highest BCUT2D eigenvalue weighted by atomic mass is 16.5. The third-order valence-electron chi connectivity index (χ3n) is 4.17. The van der Waals surface area contributed by atoms with Crippen molar-refractivity contribution in [3.05, 3.63) is 35.9 Å². The third-order valence-corrected chi connectivity index (χ3v) is 4.17. The molecule has 1 atom stereocenters. The van der Waals surface area contributed by atoms with Crippen molar-refractivity contribution in [2.45, 2.75) is 38.3 Å². The quantitative estimate of drug-likeness (QED) is 0.756. The van der Waals surface area contributed by atoms with E-state index in [4.69, 9.17) is 4.74 Å².